The van der Waals surface area contributed by atoms with Crippen LogP contribution < -0.4 is 5.32 Å². The van der Waals surface area contributed by atoms with Crippen LogP contribution in [0, 0.1) is 5.92 Å². The molecule has 1 aliphatic rings. The fourth-order valence-corrected chi connectivity index (χ4v) is 1.56. The maximum atomic E-state index is 5.28. The highest BCUT2D eigenvalue weighted by Crippen LogP contribution is 2.17. The Hall–Kier alpha value is -1.10. The molecule has 0 spiro atoms. The molecule has 1 fully saturated rings. The van der Waals surface area contributed by atoms with Gasteiger partial charge in [-0.3, -0.25) is 0 Å². The van der Waals surface area contributed by atoms with E-state index in [0.717, 1.165) is 38.4 Å². The quantitative estimate of drug-likeness (QED) is 0.782. The Kier molecular flexibility index (Phi) is 2.98. The molecule has 1 aliphatic heterocycles. The monoisotopic (exact) mass is 197 g/mol. The van der Waals surface area contributed by atoms with Gasteiger partial charge in [0.05, 0.1) is 0 Å². The summed E-state index contributed by atoms with van der Waals surface area (Å²) in [6, 6.07) is 0.515. The molecule has 2 rings (SSSR count). The zero-order valence-corrected chi connectivity index (χ0v) is 8.32. The summed E-state index contributed by atoms with van der Waals surface area (Å²) < 4.78 is 10.3. The molecule has 78 valence electrons. The van der Waals surface area contributed by atoms with Crippen molar-refractivity contribution in [2.75, 3.05) is 25.1 Å². The van der Waals surface area contributed by atoms with E-state index in [2.05, 4.69) is 15.5 Å². The maximum absolute atomic E-state index is 5.28. The van der Waals surface area contributed by atoms with Crippen LogP contribution in [-0.4, -0.2) is 29.9 Å². The van der Waals surface area contributed by atoms with Crippen LogP contribution in [0.1, 0.15) is 19.2 Å². The third kappa shape index (κ3) is 2.23. The van der Waals surface area contributed by atoms with Crippen molar-refractivity contribution in [2.24, 2.45) is 5.92 Å². The molecule has 1 atom stereocenters. The molecule has 1 unspecified atom stereocenters. The van der Waals surface area contributed by atoms with Gasteiger partial charge in [-0.05, 0) is 19.3 Å². The molecule has 0 saturated carbocycles. The van der Waals surface area contributed by atoms with Gasteiger partial charge in [0.15, 0.2) is 5.82 Å². The Morgan fingerprint density at radius 3 is 3.21 bits per heavy atom. The molecule has 5 nitrogen and oxygen atoms in total. The zero-order chi connectivity index (χ0) is 9.80. The molecule has 1 aromatic heterocycles. The number of anilines is 1. The van der Waals surface area contributed by atoms with Crippen molar-refractivity contribution in [3.8, 4) is 0 Å². The van der Waals surface area contributed by atoms with Crippen LogP contribution in [-0.2, 0) is 11.2 Å². The maximum Gasteiger partial charge on any atom is 0.321 e. The summed E-state index contributed by atoms with van der Waals surface area (Å²) in [6.45, 7) is 4.48. The van der Waals surface area contributed by atoms with Gasteiger partial charge in [-0.1, -0.05) is 5.16 Å². The number of nitrogens with one attached hydrogen (secondary N) is 1. The Labute approximate surface area is 82.8 Å². The first-order valence-electron chi connectivity index (χ1n) is 5.02. The van der Waals surface area contributed by atoms with Gasteiger partial charge in [0.2, 0.25) is 0 Å². The molecule has 2 heterocycles. The highest BCUT2D eigenvalue weighted by atomic mass is 16.5. The summed E-state index contributed by atoms with van der Waals surface area (Å²) >= 11 is 0. The van der Waals surface area contributed by atoms with Gasteiger partial charge in [-0.15, -0.1) is 0 Å². The first kappa shape index (κ1) is 9.45. The van der Waals surface area contributed by atoms with Crippen LogP contribution in [0.4, 0.5) is 6.01 Å². The summed E-state index contributed by atoms with van der Waals surface area (Å²) in [5, 5.41) is 6.88. The van der Waals surface area contributed by atoms with Gasteiger partial charge in [-0.2, -0.15) is 4.98 Å². The molecular formula is C9H15N3O2. The molecule has 0 aromatic carbocycles. The normalized spacial score (nSPS) is 21.4. The van der Waals surface area contributed by atoms with Crippen LogP contribution in [0.5, 0.6) is 0 Å². The Bertz CT molecular complexity index is 281. The molecule has 0 radical (unpaired) electrons. The van der Waals surface area contributed by atoms with Gasteiger partial charge in [0.25, 0.3) is 0 Å². The van der Waals surface area contributed by atoms with Crippen LogP contribution in [0.3, 0.4) is 0 Å². The van der Waals surface area contributed by atoms with Crippen LogP contribution in [0.2, 0.25) is 0 Å². The van der Waals surface area contributed by atoms with Crippen LogP contribution >= 0.6 is 0 Å². The number of nitrogens with zero attached hydrogens (tertiary/aromatic N) is 2. The average Bonchev–Trinajstić information content (AvgIpc) is 2.79. The fourth-order valence-electron chi connectivity index (χ4n) is 1.56. The third-order valence-corrected chi connectivity index (χ3v) is 2.29. The van der Waals surface area contributed by atoms with Crippen LogP contribution in [0.15, 0.2) is 4.52 Å². The lowest BCUT2D eigenvalue weighted by molar-refractivity contribution is 0.185. The predicted octanol–water partition coefficient (Wildman–Crippen LogP) is 1.08. The van der Waals surface area contributed by atoms with E-state index in [4.69, 9.17) is 9.26 Å². The van der Waals surface area contributed by atoms with Gasteiger partial charge in [0.1, 0.15) is 0 Å². The number of aromatic nitrogens is 2. The molecule has 5 heteroatoms. The minimum absolute atomic E-state index is 0.515. The van der Waals surface area contributed by atoms with Crippen molar-refractivity contribution in [1.82, 2.24) is 10.1 Å². The molecular weight excluding hydrogens is 182 g/mol. The van der Waals surface area contributed by atoms with E-state index in [1.807, 2.05) is 6.92 Å². The zero-order valence-electron chi connectivity index (χ0n) is 8.32. The van der Waals surface area contributed by atoms with E-state index >= 15 is 0 Å². The minimum Gasteiger partial charge on any atom is -0.381 e. The fraction of sp³-hybridized carbons (Fsp3) is 0.778. The first-order chi connectivity index (χ1) is 6.88. The number of hydrogen-bond donors (Lipinski definition) is 1. The Balaban J connectivity index is 1.88. The lowest BCUT2D eigenvalue weighted by Gasteiger charge is -2.00. The van der Waals surface area contributed by atoms with Crippen molar-refractivity contribution in [3.63, 3.8) is 0 Å². The average molecular weight is 197 g/mol. The topological polar surface area (TPSA) is 60.2 Å². The molecule has 0 aliphatic carbocycles. The van der Waals surface area contributed by atoms with E-state index < -0.39 is 0 Å². The van der Waals surface area contributed by atoms with Crippen molar-refractivity contribution < 1.29 is 9.26 Å². The Morgan fingerprint density at radius 2 is 2.50 bits per heavy atom. The van der Waals surface area contributed by atoms with Crippen molar-refractivity contribution in [3.05, 3.63) is 5.82 Å². The minimum atomic E-state index is 0.515. The second-order valence-corrected chi connectivity index (χ2v) is 3.48. The van der Waals surface area contributed by atoms with Gasteiger partial charge < -0.3 is 14.6 Å². The summed E-state index contributed by atoms with van der Waals surface area (Å²) in [5.74, 6) is 1.33. The number of hydrogen-bond acceptors (Lipinski definition) is 5. The first-order valence-corrected chi connectivity index (χ1v) is 5.02. The number of rotatable bonds is 4. The van der Waals surface area contributed by atoms with Gasteiger partial charge in [0, 0.05) is 26.2 Å². The number of ether oxygens (including phenoxy) is 1. The van der Waals surface area contributed by atoms with Crippen molar-refractivity contribution >= 4 is 6.01 Å². The van der Waals surface area contributed by atoms with E-state index in [9.17, 15) is 0 Å². The third-order valence-electron chi connectivity index (χ3n) is 2.29. The summed E-state index contributed by atoms with van der Waals surface area (Å²) in [6.07, 6.45) is 1.96. The van der Waals surface area contributed by atoms with E-state index in [-0.39, 0.29) is 0 Å². The molecule has 0 amide bonds. The standard InChI is InChI=1S/C9H15N3O2/c1-2-10-9-11-8(12-14-9)5-7-3-4-13-6-7/h7H,2-6H2,1H3,(H,10,11,12). The van der Waals surface area contributed by atoms with Gasteiger partial charge >= 0.3 is 6.01 Å². The lowest BCUT2D eigenvalue weighted by atomic mass is 10.1. The van der Waals surface area contributed by atoms with E-state index in [0.29, 0.717) is 11.9 Å². The van der Waals surface area contributed by atoms with E-state index in [1.165, 1.54) is 0 Å². The van der Waals surface area contributed by atoms with Crippen molar-refractivity contribution in [2.45, 2.75) is 19.8 Å². The predicted molar refractivity (Wildman–Crippen MR) is 51.1 cm³/mol. The SMILES string of the molecule is CCNc1nc(CC2CCOC2)no1. The molecule has 1 aromatic rings. The second-order valence-electron chi connectivity index (χ2n) is 3.48. The van der Waals surface area contributed by atoms with Crippen LogP contribution in [0.25, 0.3) is 0 Å². The molecule has 1 N–H and O–H groups in total. The summed E-state index contributed by atoms with van der Waals surface area (Å²) in [5.41, 5.74) is 0. The Morgan fingerprint density at radius 1 is 1.57 bits per heavy atom. The molecule has 14 heavy (non-hydrogen) atoms. The summed E-state index contributed by atoms with van der Waals surface area (Å²) in [7, 11) is 0. The lowest BCUT2D eigenvalue weighted by Crippen LogP contribution is -2.05. The van der Waals surface area contributed by atoms with Crippen molar-refractivity contribution in [1.29, 1.82) is 0 Å². The highest BCUT2D eigenvalue weighted by Gasteiger charge is 2.18. The smallest absolute Gasteiger partial charge is 0.321 e. The molecule has 1 saturated heterocycles. The second kappa shape index (κ2) is 4.41. The molecule has 0 bridgehead atoms. The summed E-state index contributed by atoms with van der Waals surface area (Å²) in [4.78, 5) is 4.22. The van der Waals surface area contributed by atoms with Gasteiger partial charge in [-0.25, -0.2) is 0 Å². The van der Waals surface area contributed by atoms with E-state index in [1.54, 1.807) is 0 Å². The largest absolute Gasteiger partial charge is 0.381 e. The highest BCUT2D eigenvalue weighted by molar-refractivity contribution is 5.17.